The molecule has 0 heteroatoms. The van der Waals surface area contributed by atoms with Crippen LogP contribution in [0.4, 0.5) is 0 Å². The van der Waals surface area contributed by atoms with Crippen LogP contribution in [0.15, 0.2) is 42.5 Å². The fraction of sp³-hybridized carbons (Fsp3) is 0.412. The lowest BCUT2D eigenvalue weighted by Crippen LogP contribution is -1.83. The number of hydrogen-bond donors (Lipinski definition) is 0. The van der Waals surface area contributed by atoms with E-state index in [1.165, 1.54) is 16.7 Å². The lowest BCUT2D eigenvalue weighted by Gasteiger charge is -2.04. The standard InChI is InChI=1S/C15H20.C2H6/c1-5-14(6-2)11-13(4)15-9-7-12(3)8-10-15;1-2/h7-11H,4-6H2,1-3H3;1-2H3. The molecule has 0 fully saturated rings. The molecule has 0 aliphatic heterocycles. The van der Waals surface area contributed by atoms with Crippen molar-refractivity contribution in [1.29, 1.82) is 0 Å². The molecule has 0 aliphatic rings. The highest BCUT2D eigenvalue weighted by molar-refractivity contribution is 5.72. The Morgan fingerprint density at radius 2 is 1.53 bits per heavy atom. The predicted octanol–water partition coefficient (Wildman–Crippen LogP) is 5.78. The number of hydrogen-bond acceptors (Lipinski definition) is 0. The fourth-order valence-electron chi connectivity index (χ4n) is 1.55. The molecular weight excluding hydrogens is 204 g/mol. The van der Waals surface area contributed by atoms with Gasteiger partial charge in [-0.3, -0.25) is 0 Å². The molecule has 0 nitrogen and oxygen atoms in total. The molecule has 1 rings (SSSR count). The van der Waals surface area contributed by atoms with E-state index in [0.717, 1.165) is 18.4 Å². The van der Waals surface area contributed by atoms with Gasteiger partial charge in [-0.1, -0.05) is 75.8 Å². The van der Waals surface area contributed by atoms with E-state index < -0.39 is 0 Å². The third-order valence-electron chi connectivity index (χ3n) is 2.71. The minimum absolute atomic E-state index is 1.11. The SMILES string of the molecule is C=C(C=C(CC)CC)c1ccc(C)cc1.CC. The third-order valence-corrected chi connectivity index (χ3v) is 2.71. The first kappa shape index (κ1) is 15.7. The second kappa shape index (κ2) is 8.81. The maximum Gasteiger partial charge on any atom is -0.0190 e. The Morgan fingerprint density at radius 1 is 1.06 bits per heavy atom. The van der Waals surface area contributed by atoms with E-state index in [2.05, 4.69) is 57.7 Å². The van der Waals surface area contributed by atoms with Crippen LogP contribution in [-0.2, 0) is 0 Å². The Bertz CT molecular complexity index is 346. The van der Waals surface area contributed by atoms with E-state index in [4.69, 9.17) is 0 Å². The van der Waals surface area contributed by atoms with Crippen molar-refractivity contribution >= 4 is 5.57 Å². The van der Waals surface area contributed by atoms with Crippen molar-refractivity contribution in [3.63, 3.8) is 0 Å². The first-order valence-corrected chi connectivity index (χ1v) is 6.62. The van der Waals surface area contributed by atoms with Crippen molar-refractivity contribution in [3.8, 4) is 0 Å². The summed E-state index contributed by atoms with van der Waals surface area (Å²) in [5.74, 6) is 0. The molecule has 0 atom stereocenters. The Morgan fingerprint density at radius 3 is 1.94 bits per heavy atom. The summed E-state index contributed by atoms with van der Waals surface area (Å²) in [6.07, 6.45) is 4.44. The highest BCUT2D eigenvalue weighted by Gasteiger charge is 1.97. The van der Waals surface area contributed by atoms with Crippen LogP contribution in [0.5, 0.6) is 0 Å². The predicted molar refractivity (Wildman–Crippen MR) is 80.2 cm³/mol. The van der Waals surface area contributed by atoms with Crippen LogP contribution in [0.2, 0.25) is 0 Å². The maximum atomic E-state index is 4.11. The van der Waals surface area contributed by atoms with E-state index in [9.17, 15) is 0 Å². The highest BCUT2D eigenvalue weighted by Crippen LogP contribution is 2.18. The summed E-state index contributed by atoms with van der Waals surface area (Å²) in [4.78, 5) is 0. The van der Waals surface area contributed by atoms with E-state index in [1.807, 2.05) is 13.8 Å². The Hall–Kier alpha value is -1.30. The second-order valence-electron chi connectivity index (χ2n) is 3.90. The minimum atomic E-state index is 1.11. The van der Waals surface area contributed by atoms with Crippen molar-refractivity contribution in [1.82, 2.24) is 0 Å². The largest absolute Gasteiger partial charge is 0.0912 e. The van der Waals surface area contributed by atoms with Crippen LogP contribution >= 0.6 is 0 Å². The van der Waals surface area contributed by atoms with Crippen molar-refractivity contribution < 1.29 is 0 Å². The average Bonchev–Trinajstić information content (AvgIpc) is 2.38. The molecule has 17 heavy (non-hydrogen) atoms. The smallest absolute Gasteiger partial charge is 0.0190 e. The number of rotatable bonds is 4. The Labute approximate surface area is 107 Å². The fourth-order valence-corrected chi connectivity index (χ4v) is 1.55. The molecule has 94 valence electrons. The van der Waals surface area contributed by atoms with Gasteiger partial charge in [0.15, 0.2) is 0 Å². The molecule has 0 N–H and O–H groups in total. The molecule has 0 radical (unpaired) electrons. The topological polar surface area (TPSA) is 0 Å². The van der Waals surface area contributed by atoms with E-state index >= 15 is 0 Å². The van der Waals surface area contributed by atoms with Gasteiger partial charge in [0.2, 0.25) is 0 Å². The van der Waals surface area contributed by atoms with Gasteiger partial charge in [0.05, 0.1) is 0 Å². The Kier molecular flexibility index (Phi) is 8.13. The molecule has 0 heterocycles. The maximum absolute atomic E-state index is 4.11. The number of benzene rings is 1. The van der Waals surface area contributed by atoms with E-state index in [0.29, 0.717) is 0 Å². The molecule has 1 aromatic carbocycles. The van der Waals surface area contributed by atoms with E-state index in [-0.39, 0.29) is 0 Å². The molecule has 0 bridgehead atoms. The van der Waals surface area contributed by atoms with Crippen LogP contribution < -0.4 is 0 Å². The lowest BCUT2D eigenvalue weighted by molar-refractivity contribution is 0.979. The molecule has 0 aliphatic carbocycles. The zero-order chi connectivity index (χ0) is 13.3. The van der Waals surface area contributed by atoms with Gasteiger partial charge in [-0.05, 0) is 30.9 Å². The summed E-state index contributed by atoms with van der Waals surface area (Å²) in [6, 6.07) is 8.53. The first-order chi connectivity index (χ1) is 8.17. The zero-order valence-electron chi connectivity index (χ0n) is 12.0. The van der Waals surface area contributed by atoms with Crippen molar-refractivity contribution in [2.24, 2.45) is 0 Å². The normalized spacial score (nSPS) is 9.00. The van der Waals surface area contributed by atoms with Gasteiger partial charge in [0.1, 0.15) is 0 Å². The first-order valence-electron chi connectivity index (χ1n) is 6.62. The summed E-state index contributed by atoms with van der Waals surface area (Å²) < 4.78 is 0. The molecule has 0 aromatic heterocycles. The zero-order valence-corrected chi connectivity index (χ0v) is 12.0. The van der Waals surface area contributed by atoms with Gasteiger partial charge in [-0.2, -0.15) is 0 Å². The quantitative estimate of drug-likeness (QED) is 0.575. The summed E-state index contributed by atoms with van der Waals surface area (Å²) in [6.45, 7) is 14.6. The van der Waals surface area contributed by atoms with Crippen LogP contribution in [-0.4, -0.2) is 0 Å². The third kappa shape index (κ3) is 5.53. The van der Waals surface area contributed by atoms with Crippen molar-refractivity contribution in [2.45, 2.75) is 47.5 Å². The van der Waals surface area contributed by atoms with Crippen LogP contribution in [0.25, 0.3) is 5.57 Å². The van der Waals surface area contributed by atoms with Crippen LogP contribution in [0.1, 0.15) is 51.7 Å². The molecule has 0 saturated carbocycles. The van der Waals surface area contributed by atoms with Crippen LogP contribution in [0.3, 0.4) is 0 Å². The second-order valence-corrected chi connectivity index (χ2v) is 3.90. The minimum Gasteiger partial charge on any atom is -0.0912 e. The summed E-state index contributed by atoms with van der Waals surface area (Å²) in [5, 5.41) is 0. The summed E-state index contributed by atoms with van der Waals surface area (Å²) in [5.41, 5.74) is 5.09. The molecule has 0 amide bonds. The van der Waals surface area contributed by atoms with Crippen LogP contribution in [0, 0.1) is 6.92 Å². The van der Waals surface area contributed by atoms with Gasteiger partial charge < -0.3 is 0 Å². The van der Waals surface area contributed by atoms with Gasteiger partial charge >= 0.3 is 0 Å². The summed E-state index contributed by atoms with van der Waals surface area (Å²) >= 11 is 0. The van der Waals surface area contributed by atoms with Crippen molar-refractivity contribution in [3.05, 3.63) is 53.6 Å². The molecule has 0 unspecified atom stereocenters. The van der Waals surface area contributed by atoms with E-state index in [1.54, 1.807) is 0 Å². The monoisotopic (exact) mass is 230 g/mol. The summed E-state index contributed by atoms with van der Waals surface area (Å²) in [7, 11) is 0. The van der Waals surface area contributed by atoms with Gasteiger partial charge in [0.25, 0.3) is 0 Å². The molecule has 0 spiro atoms. The van der Waals surface area contributed by atoms with Crippen molar-refractivity contribution in [2.75, 3.05) is 0 Å². The Balaban J connectivity index is 0.00000121. The molecular formula is C17H26. The molecule has 0 saturated heterocycles. The van der Waals surface area contributed by atoms with Gasteiger partial charge in [0, 0.05) is 0 Å². The van der Waals surface area contributed by atoms with Gasteiger partial charge in [-0.25, -0.2) is 0 Å². The van der Waals surface area contributed by atoms with Gasteiger partial charge in [-0.15, -0.1) is 0 Å². The number of aryl methyl sites for hydroxylation is 1. The highest BCUT2D eigenvalue weighted by atomic mass is 14.0. The molecule has 1 aromatic rings. The lowest BCUT2D eigenvalue weighted by atomic mass is 10.0. The average molecular weight is 230 g/mol. The number of allylic oxidation sites excluding steroid dienone is 3.